The zero-order valence-corrected chi connectivity index (χ0v) is 16.4. The Morgan fingerprint density at radius 2 is 1.20 bits per heavy atom. The van der Waals surface area contributed by atoms with Gasteiger partial charge in [-0.3, -0.25) is 0 Å². The van der Waals surface area contributed by atoms with E-state index in [4.69, 9.17) is 0 Å². The molecule has 0 radical (unpaired) electrons. The summed E-state index contributed by atoms with van der Waals surface area (Å²) in [4.78, 5) is 0. The molecule has 0 N–H and O–H groups in total. The van der Waals surface area contributed by atoms with Crippen LogP contribution in [0.25, 0.3) is 0 Å². The van der Waals surface area contributed by atoms with Crippen molar-refractivity contribution in [2.75, 3.05) is 0 Å². The maximum absolute atomic E-state index is 2.44. The van der Waals surface area contributed by atoms with Crippen LogP contribution in [0.2, 0.25) is 0 Å². The highest BCUT2D eigenvalue weighted by Crippen LogP contribution is 2.14. The first kappa shape index (κ1) is 28.0. The van der Waals surface area contributed by atoms with Gasteiger partial charge < -0.3 is 0 Å². The van der Waals surface area contributed by atoms with E-state index < -0.39 is 0 Å². The first-order valence-electron chi connectivity index (χ1n) is 9.43. The summed E-state index contributed by atoms with van der Waals surface area (Å²) in [6, 6.07) is 0. The quantitative estimate of drug-likeness (QED) is 0.310. The number of unbranched alkanes of at least 4 members (excludes halogenated alkanes) is 3. The van der Waals surface area contributed by atoms with E-state index in [1.165, 1.54) is 51.4 Å². The second-order valence-corrected chi connectivity index (χ2v) is 4.59. The molecule has 0 heterocycles. The Labute approximate surface area is 132 Å². The standard InChI is InChI=1S/C13H26.C3H8.2C2H6/c1-4-7-9-10-12-13(6-3)11-8-5-2;1-3-2;2*1-2/h10,12-13H,4-9,11H2,1-3H3;3H2,1-2H3;2*1-2H3/b12-10+;;;. The van der Waals surface area contributed by atoms with Gasteiger partial charge in [0, 0.05) is 0 Å². The van der Waals surface area contributed by atoms with E-state index in [2.05, 4.69) is 46.8 Å². The van der Waals surface area contributed by atoms with Gasteiger partial charge >= 0.3 is 0 Å². The van der Waals surface area contributed by atoms with Gasteiger partial charge in [-0.25, -0.2) is 0 Å². The lowest BCUT2D eigenvalue weighted by atomic mass is 9.98. The second-order valence-electron chi connectivity index (χ2n) is 4.59. The van der Waals surface area contributed by atoms with Crippen LogP contribution in [0, 0.1) is 5.92 Å². The van der Waals surface area contributed by atoms with Crippen LogP contribution in [-0.2, 0) is 0 Å². The summed E-state index contributed by atoms with van der Waals surface area (Å²) < 4.78 is 0. The molecule has 0 heteroatoms. The monoisotopic (exact) mass is 286 g/mol. The second kappa shape index (κ2) is 36.3. The molecule has 1 unspecified atom stereocenters. The normalized spacial score (nSPS) is 10.4. The van der Waals surface area contributed by atoms with Crippen molar-refractivity contribution < 1.29 is 0 Å². The Morgan fingerprint density at radius 3 is 1.55 bits per heavy atom. The molecule has 20 heavy (non-hydrogen) atoms. The molecule has 0 spiro atoms. The molecule has 0 saturated heterocycles. The fourth-order valence-electron chi connectivity index (χ4n) is 1.51. The van der Waals surface area contributed by atoms with Gasteiger partial charge in [-0.1, -0.05) is 107 Å². The van der Waals surface area contributed by atoms with Crippen molar-refractivity contribution in [3.8, 4) is 0 Å². The largest absolute Gasteiger partial charge is 0.0883 e. The van der Waals surface area contributed by atoms with Crippen molar-refractivity contribution in [1.82, 2.24) is 0 Å². The summed E-state index contributed by atoms with van der Waals surface area (Å²) in [5.74, 6) is 0.844. The van der Waals surface area contributed by atoms with E-state index in [1.807, 2.05) is 27.7 Å². The van der Waals surface area contributed by atoms with E-state index in [-0.39, 0.29) is 0 Å². The average Bonchev–Trinajstić information content (AvgIpc) is 2.51. The minimum Gasteiger partial charge on any atom is -0.0883 e. The number of rotatable bonds is 8. The predicted molar refractivity (Wildman–Crippen MR) is 101 cm³/mol. The van der Waals surface area contributed by atoms with Gasteiger partial charge in [-0.15, -0.1) is 0 Å². The summed E-state index contributed by atoms with van der Waals surface area (Å²) in [5.41, 5.74) is 0. The van der Waals surface area contributed by atoms with Crippen LogP contribution in [0.3, 0.4) is 0 Å². The van der Waals surface area contributed by atoms with Crippen LogP contribution in [0.15, 0.2) is 12.2 Å². The Hall–Kier alpha value is -0.260. The van der Waals surface area contributed by atoms with Gasteiger partial charge in [0.25, 0.3) is 0 Å². The van der Waals surface area contributed by atoms with Crippen LogP contribution >= 0.6 is 0 Å². The molecule has 0 bridgehead atoms. The lowest BCUT2D eigenvalue weighted by Gasteiger charge is -2.08. The maximum Gasteiger partial charge on any atom is -0.0236 e. The van der Waals surface area contributed by atoms with E-state index in [9.17, 15) is 0 Å². The summed E-state index contributed by atoms with van der Waals surface area (Å²) in [6.45, 7) is 19.1. The van der Waals surface area contributed by atoms with Gasteiger partial charge in [0.05, 0.1) is 0 Å². The van der Waals surface area contributed by atoms with Gasteiger partial charge in [0.2, 0.25) is 0 Å². The lowest BCUT2D eigenvalue weighted by molar-refractivity contribution is 0.538. The molecule has 0 aromatic carbocycles. The molecule has 0 nitrogen and oxygen atoms in total. The zero-order chi connectivity index (χ0) is 16.6. The highest BCUT2D eigenvalue weighted by Gasteiger charge is 1.99. The van der Waals surface area contributed by atoms with Crippen LogP contribution in [0.5, 0.6) is 0 Å². The maximum atomic E-state index is 2.44. The third-order valence-electron chi connectivity index (χ3n) is 2.59. The molecular formula is C20H46. The molecule has 0 amide bonds. The van der Waals surface area contributed by atoms with Crippen LogP contribution < -0.4 is 0 Å². The molecule has 0 aliphatic heterocycles. The molecule has 1 atom stereocenters. The molecule has 0 rings (SSSR count). The van der Waals surface area contributed by atoms with Crippen LogP contribution in [-0.4, -0.2) is 0 Å². The van der Waals surface area contributed by atoms with E-state index in [0.717, 1.165) is 5.92 Å². The molecule has 0 saturated carbocycles. The molecule has 0 aliphatic rings. The molecular weight excluding hydrogens is 240 g/mol. The SMILES string of the molecule is CC.CC.CCC.CCCC/C=C/C(CC)CCCC. The van der Waals surface area contributed by atoms with Crippen LogP contribution in [0.1, 0.15) is 114 Å². The summed E-state index contributed by atoms with van der Waals surface area (Å²) in [6.07, 6.45) is 15.4. The first-order chi connectivity index (χ1) is 9.76. The molecule has 126 valence electrons. The summed E-state index contributed by atoms with van der Waals surface area (Å²) in [5, 5.41) is 0. The van der Waals surface area contributed by atoms with Crippen molar-refractivity contribution >= 4 is 0 Å². The fraction of sp³-hybridized carbons (Fsp3) is 0.900. The number of allylic oxidation sites excluding steroid dienone is 2. The van der Waals surface area contributed by atoms with Gasteiger partial charge in [0.1, 0.15) is 0 Å². The van der Waals surface area contributed by atoms with Crippen molar-refractivity contribution in [3.05, 3.63) is 12.2 Å². The van der Waals surface area contributed by atoms with Crippen molar-refractivity contribution in [2.24, 2.45) is 5.92 Å². The van der Waals surface area contributed by atoms with Crippen molar-refractivity contribution in [1.29, 1.82) is 0 Å². The minimum absolute atomic E-state index is 0.844. The number of hydrogen-bond acceptors (Lipinski definition) is 0. The smallest absolute Gasteiger partial charge is 0.0236 e. The molecule has 0 aromatic heterocycles. The minimum atomic E-state index is 0.844. The Kier molecular flexibility index (Phi) is 50.8. The van der Waals surface area contributed by atoms with Crippen molar-refractivity contribution in [2.45, 2.75) is 114 Å². The molecule has 0 fully saturated rings. The highest BCUT2D eigenvalue weighted by atomic mass is 14.0. The van der Waals surface area contributed by atoms with Crippen molar-refractivity contribution in [3.63, 3.8) is 0 Å². The Balaban J connectivity index is -0.000000155. The molecule has 0 aromatic rings. The first-order valence-corrected chi connectivity index (χ1v) is 9.43. The van der Waals surface area contributed by atoms with E-state index >= 15 is 0 Å². The van der Waals surface area contributed by atoms with E-state index in [1.54, 1.807) is 0 Å². The summed E-state index contributed by atoms with van der Waals surface area (Å²) in [7, 11) is 0. The number of hydrogen-bond donors (Lipinski definition) is 0. The third-order valence-corrected chi connectivity index (χ3v) is 2.59. The topological polar surface area (TPSA) is 0 Å². The Bertz CT molecular complexity index is 124. The zero-order valence-electron chi connectivity index (χ0n) is 16.4. The molecule has 0 aliphatic carbocycles. The average molecular weight is 287 g/mol. The highest BCUT2D eigenvalue weighted by molar-refractivity contribution is 4.87. The van der Waals surface area contributed by atoms with Gasteiger partial charge in [-0.2, -0.15) is 0 Å². The van der Waals surface area contributed by atoms with Crippen LogP contribution in [0.4, 0.5) is 0 Å². The summed E-state index contributed by atoms with van der Waals surface area (Å²) >= 11 is 0. The van der Waals surface area contributed by atoms with Gasteiger partial charge in [0.15, 0.2) is 0 Å². The van der Waals surface area contributed by atoms with Gasteiger partial charge in [-0.05, 0) is 25.2 Å². The lowest BCUT2D eigenvalue weighted by Crippen LogP contribution is -1.93. The third kappa shape index (κ3) is 36.1. The fourth-order valence-corrected chi connectivity index (χ4v) is 1.51. The predicted octanol–water partition coefficient (Wildman–Crippen LogP) is 8.42. The van der Waals surface area contributed by atoms with E-state index in [0.29, 0.717) is 0 Å². The Morgan fingerprint density at radius 1 is 0.750 bits per heavy atom.